The van der Waals surface area contributed by atoms with Crippen LogP contribution in [-0.4, -0.2) is 47.8 Å². The first-order valence-corrected chi connectivity index (χ1v) is 8.80. The largest absolute Gasteiger partial charge is 0.490 e. The van der Waals surface area contributed by atoms with Crippen LogP contribution in [0.2, 0.25) is 0 Å². The number of fused-ring (bicyclic) bond motifs is 1. The van der Waals surface area contributed by atoms with Crippen LogP contribution >= 0.6 is 0 Å². The normalized spacial score (nSPS) is 31.4. The molecule has 0 saturated heterocycles. The van der Waals surface area contributed by atoms with Crippen molar-refractivity contribution in [2.75, 3.05) is 5.94 Å². The summed E-state index contributed by atoms with van der Waals surface area (Å²) in [5.41, 5.74) is -1.53. The molecule has 1 saturated carbocycles. The Kier molecular flexibility index (Phi) is 4.06. The van der Waals surface area contributed by atoms with Crippen LogP contribution in [0.15, 0.2) is 17.0 Å². The third-order valence-corrected chi connectivity index (χ3v) is 5.67. The first kappa shape index (κ1) is 17.5. The summed E-state index contributed by atoms with van der Waals surface area (Å²) in [5.74, 6) is -5.90. The Morgan fingerprint density at radius 3 is 2.38 bits per heavy atom. The highest BCUT2D eigenvalue weighted by molar-refractivity contribution is 7.91. The zero-order chi connectivity index (χ0) is 17.9. The molecule has 1 aromatic rings. The number of alkyl halides is 3. The molecule has 2 aliphatic rings. The Hall–Kier alpha value is -1.36. The maximum Gasteiger partial charge on any atom is 0.312 e. The van der Waals surface area contributed by atoms with Gasteiger partial charge in [0.1, 0.15) is 23.9 Å². The number of benzene rings is 1. The summed E-state index contributed by atoms with van der Waals surface area (Å²) in [6, 6.07) is 1.92. The number of hydrogen-bond donors (Lipinski definition) is 3. The van der Waals surface area contributed by atoms with E-state index < -0.39 is 62.2 Å². The fraction of sp³-hybridized carbons (Fsp3) is 0.571. The van der Waals surface area contributed by atoms with Gasteiger partial charge in [0.2, 0.25) is 9.84 Å². The predicted molar refractivity (Wildman–Crippen MR) is 74.1 cm³/mol. The summed E-state index contributed by atoms with van der Waals surface area (Å²) in [4.78, 5) is -0.756. The van der Waals surface area contributed by atoms with Gasteiger partial charge >= 0.3 is 5.92 Å². The molecule has 2 aliphatic carbocycles. The van der Waals surface area contributed by atoms with Gasteiger partial charge in [-0.1, -0.05) is 0 Å². The van der Waals surface area contributed by atoms with Crippen molar-refractivity contribution in [3.05, 3.63) is 23.3 Å². The minimum atomic E-state index is -4.38. The van der Waals surface area contributed by atoms with E-state index in [0.717, 1.165) is 12.1 Å². The van der Waals surface area contributed by atoms with E-state index in [0.29, 0.717) is 0 Å². The van der Waals surface area contributed by atoms with Crippen LogP contribution in [0.1, 0.15) is 36.2 Å². The average molecular weight is 368 g/mol. The predicted octanol–water partition coefficient (Wildman–Crippen LogP) is 1.01. The van der Waals surface area contributed by atoms with Crippen molar-refractivity contribution in [1.29, 1.82) is 0 Å². The van der Waals surface area contributed by atoms with Gasteiger partial charge in [-0.05, 0) is 12.1 Å². The minimum Gasteiger partial charge on any atom is -0.490 e. The maximum absolute atomic E-state index is 14.2. The second-order valence-electron chi connectivity index (χ2n) is 5.94. The van der Waals surface area contributed by atoms with Gasteiger partial charge < -0.3 is 20.1 Å². The highest BCUT2D eigenvalue weighted by atomic mass is 32.2. The van der Waals surface area contributed by atoms with Crippen LogP contribution in [0.5, 0.6) is 5.75 Å². The molecule has 24 heavy (non-hydrogen) atoms. The topological polar surface area (TPSA) is 104 Å². The van der Waals surface area contributed by atoms with Crippen LogP contribution in [0.3, 0.4) is 0 Å². The second-order valence-corrected chi connectivity index (χ2v) is 7.87. The number of ether oxygens (including phenoxy) is 1. The summed E-state index contributed by atoms with van der Waals surface area (Å²) in [5, 5.41) is 27.9. The molecule has 134 valence electrons. The van der Waals surface area contributed by atoms with Crippen LogP contribution in [0.4, 0.5) is 13.2 Å². The lowest BCUT2D eigenvalue weighted by molar-refractivity contribution is -0.144. The Morgan fingerprint density at radius 1 is 1.21 bits per heavy atom. The van der Waals surface area contributed by atoms with Gasteiger partial charge in [-0.2, -0.15) is 8.78 Å². The Bertz CT molecular complexity index is 760. The molecule has 1 aromatic carbocycles. The SMILES string of the molecule is O=S(=O)(CO)c1ccc(O[C@H]2C[C@H](O)C2)c2c1[C@H](O)C(F)(F)[C@@H]2F. The lowest BCUT2D eigenvalue weighted by Crippen LogP contribution is -2.37. The quantitative estimate of drug-likeness (QED) is 0.733. The van der Waals surface area contributed by atoms with Gasteiger partial charge in [-0.25, -0.2) is 12.8 Å². The molecule has 3 rings (SSSR count). The van der Waals surface area contributed by atoms with Crippen LogP contribution < -0.4 is 4.74 Å². The van der Waals surface area contributed by atoms with Crippen molar-refractivity contribution in [2.45, 2.75) is 48.1 Å². The molecule has 0 unspecified atom stereocenters. The smallest absolute Gasteiger partial charge is 0.312 e. The molecule has 0 spiro atoms. The van der Waals surface area contributed by atoms with Crippen molar-refractivity contribution < 1.29 is 41.6 Å². The molecular weight excluding hydrogens is 353 g/mol. The summed E-state index contributed by atoms with van der Waals surface area (Å²) < 4.78 is 71.1. The van der Waals surface area contributed by atoms with E-state index in [1.165, 1.54) is 0 Å². The van der Waals surface area contributed by atoms with Crippen molar-refractivity contribution in [1.82, 2.24) is 0 Å². The molecule has 6 nitrogen and oxygen atoms in total. The van der Waals surface area contributed by atoms with Gasteiger partial charge in [-0.15, -0.1) is 0 Å². The molecule has 0 amide bonds. The van der Waals surface area contributed by atoms with E-state index in [2.05, 4.69) is 0 Å². The third-order valence-electron chi connectivity index (χ3n) is 4.31. The van der Waals surface area contributed by atoms with Gasteiger partial charge in [0.15, 0.2) is 6.17 Å². The van der Waals surface area contributed by atoms with E-state index >= 15 is 0 Å². The van der Waals surface area contributed by atoms with E-state index in [-0.39, 0.29) is 18.6 Å². The highest BCUT2D eigenvalue weighted by Gasteiger charge is 2.59. The minimum absolute atomic E-state index is 0.237. The standard InChI is InChI=1S/C14H15F3O6S/c15-12-10-8(23-7-3-6(19)4-7)1-2-9(24(21,22)5-18)11(10)13(20)14(12,16)17/h1-2,6-7,12-13,18-20H,3-5H2/t6-,7-,12-,13+/m1/s1. The van der Waals surface area contributed by atoms with Crippen LogP contribution in [-0.2, 0) is 9.84 Å². The molecule has 0 heterocycles. The Morgan fingerprint density at radius 2 is 1.83 bits per heavy atom. The van der Waals surface area contributed by atoms with E-state index in [9.17, 15) is 31.8 Å². The Balaban J connectivity index is 2.13. The van der Waals surface area contributed by atoms with Crippen molar-refractivity contribution in [3.8, 4) is 5.75 Å². The number of aliphatic hydroxyl groups is 3. The van der Waals surface area contributed by atoms with Gasteiger partial charge in [0.05, 0.1) is 11.0 Å². The fourth-order valence-corrected chi connectivity index (χ4v) is 3.89. The summed E-state index contributed by atoms with van der Waals surface area (Å²) in [7, 11) is -4.38. The summed E-state index contributed by atoms with van der Waals surface area (Å²) >= 11 is 0. The summed E-state index contributed by atoms with van der Waals surface area (Å²) in [6.07, 6.45) is -6.25. The van der Waals surface area contributed by atoms with Gasteiger partial charge in [-0.3, -0.25) is 0 Å². The molecule has 0 aliphatic heterocycles. The zero-order valence-corrected chi connectivity index (χ0v) is 13.0. The molecular formula is C14H15F3O6S. The first-order valence-electron chi connectivity index (χ1n) is 7.14. The molecule has 1 fully saturated rings. The molecule has 10 heteroatoms. The van der Waals surface area contributed by atoms with E-state index in [1.54, 1.807) is 0 Å². The first-order chi connectivity index (χ1) is 11.1. The van der Waals surface area contributed by atoms with E-state index in [4.69, 9.17) is 9.84 Å². The van der Waals surface area contributed by atoms with Crippen LogP contribution in [0.25, 0.3) is 0 Å². The highest BCUT2D eigenvalue weighted by Crippen LogP contribution is 2.57. The molecule has 0 aromatic heterocycles. The molecule has 0 bridgehead atoms. The van der Waals surface area contributed by atoms with Gasteiger partial charge in [0.25, 0.3) is 0 Å². The molecule has 0 radical (unpaired) electrons. The second kappa shape index (κ2) is 5.58. The van der Waals surface area contributed by atoms with Crippen molar-refractivity contribution >= 4 is 9.84 Å². The Labute approximate surface area is 135 Å². The fourth-order valence-electron chi connectivity index (χ4n) is 2.92. The van der Waals surface area contributed by atoms with E-state index in [1.807, 2.05) is 0 Å². The molecule has 3 N–H and O–H groups in total. The number of hydrogen-bond acceptors (Lipinski definition) is 6. The van der Waals surface area contributed by atoms with Crippen molar-refractivity contribution in [3.63, 3.8) is 0 Å². The van der Waals surface area contributed by atoms with Gasteiger partial charge in [0, 0.05) is 24.0 Å². The third kappa shape index (κ3) is 2.48. The monoisotopic (exact) mass is 368 g/mol. The lowest BCUT2D eigenvalue weighted by atomic mass is 9.92. The molecule has 2 atom stereocenters. The summed E-state index contributed by atoms with van der Waals surface area (Å²) in [6.45, 7) is 0. The number of aliphatic hydroxyl groups excluding tert-OH is 3. The number of halogens is 3. The average Bonchev–Trinajstić information content (AvgIpc) is 2.67. The number of rotatable bonds is 4. The zero-order valence-electron chi connectivity index (χ0n) is 12.2. The number of sulfone groups is 1. The van der Waals surface area contributed by atoms with Crippen molar-refractivity contribution in [2.24, 2.45) is 0 Å². The van der Waals surface area contributed by atoms with Crippen LogP contribution in [0, 0.1) is 0 Å². The maximum atomic E-state index is 14.2. The lowest BCUT2D eigenvalue weighted by Gasteiger charge is -2.32.